The smallest absolute Gasteiger partial charge is 0.129 e. The van der Waals surface area contributed by atoms with Crippen LogP contribution in [-0.2, 0) is 6.42 Å². The minimum atomic E-state index is 0.308. The number of piperazine rings is 1. The number of hydrogen-bond acceptors (Lipinski definition) is 6. The topological polar surface area (TPSA) is 38.2 Å². The van der Waals surface area contributed by atoms with Crippen LogP contribution in [0, 0.1) is 0 Å². The third-order valence-electron chi connectivity index (χ3n) is 6.78. The van der Waals surface area contributed by atoms with Gasteiger partial charge in [0.1, 0.15) is 11.7 Å². The SMILES string of the molecule is CN1CCN(C2=CC=CC3=NC(CN(C)C4CCCc5cccnc54)CN23)CC1. The number of aromatic nitrogens is 1. The number of allylic oxidation sites excluding steroid dienone is 2. The Morgan fingerprint density at radius 3 is 2.93 bits per heavy atom. The Hall–Kier alpha value is -2.18. The second-order valence-corrected chi connectivity index (χ2v) is 8.82. The monoisotopic (exact) mass is 392 g/mol. The average molecular weight is 393 g/mol. The molecule has 1 aromatic rings. The molecule has 1 saturated heterocycles. The molecule has 2 unspecified atom stereocenters. The molecule has 0 bridgehead atoms. The van der Waals surface area contributed by atoms with Gasteiger partial charge < -0.3 is 14.7 Å². The fourth-order valence-electron chi connectivity index (χ4n) is 5.14. The Labute approximate surface area is 174 Å². The van der Waals surface area contributed by atoms with Gasteiger partial charge in [-0.25, -0.2) is 0 Å². The Morgan fingerprint density at radius 2 is 2.07 bits per heavy atom. The minimum absolute atomic E-state index is 0.308. The van der Waals surface area contributed by atoms with E-state index in [1.165, 1.54) is 29.9 Å². The van der Waals surface area contributed by atoms with Gasteiger partial charge in [-0.15, -0.1) is 0 Å². The van der Waals surface area contributed by atoms with E-state index in [2.05, 4.69) is 64.1 Å². The van der Waals surface area contributed by atoms with E-state index in [1.807, 2.05) is 6.20 Å². The first-order valence-corrected chi connectivity index (χ1v) is 11.0. The maximum absolute atomic E-state index is 5.08. The molecular weight excluding hydrogens is 360 g/mol. The zero-order valence-corrected chi connectivity index (χ0v) is 17.7. The summed E-state index contributed by atoms with van der Waals surface area (Å²) in [6.45, 7) is 6.39. The summed E-state index contributed by atoms with van der Waals surface area (Å²) in [5.41, 5.74) is 2.71. The van der Waals surface area contributed by atoms with E-state index in [1.54, 1.807) is 0 Å². The Balaban J connectivity index is 1.26. The Kier molecular flexibility index (Phi) is 5.14. The van der Waals surface area contributed by atoms with Crippen LogP contribution in [0.1, 0.15) is 30.1 Å². The molecule has 4 heterocycles. The molecule has 0 saturated carbocycles. The van der Waals surface area contributed by atoms with E-state index in [0.29, 0.717) is 12.1 Å². The number of fused-ring (bicyclic) bond motifs is 2. The van der Waals surface area contributed by atoms with Crippen molar-refractivity contribution in [1.82, 2.24) is 24.6 Å². The summed E-state index contributed by atoms with van der Waals surface area (Å²) in [6, 6.07) is 5.04. The first kappa shape index (κ1) is 18.8. The second kappa shape index (κ2) is 7.92. The molecule has 0 amide bonds. The van der Waals surface area contributed by atoms with Gasteiger partial charge in [0, 0.05) is 45.5 Å². The third kappa shape index (κ3) is 3.71. The maximum atomic E-state index is 5.08. The van der Waals surface area contributed by atoms with Gasteiger partial charge in [0.2, 0.25) is 0 Å². The van der Waals surface area contributed by atoms with E-state index in [9.17, 15) is 0 Å². The number of pyridine rings is 1. The van der Waals surface area contributed by atoms with Crippen molar-refractivity contribution in [3.63, 3.8) is 0 Å². The first-order valence-electron chi connectivity index (χ1n) is 11.0. The molecule has 1 aromatic heterocycles. The molecule has 6 nitrogen and oxygen atoms in total. The zero-order chi connectivity index (χ0) is 19.8. The fourth-order valence-corrected chi connectivity index (χ4v) is 5.14. The molecule has 0 aromatic carbocycles. The van der Waals surface area contributed by atoms with Crippen molar-refractivity contribution in [2.75, 3.05) is 53.4 Å². The maximum Gasteiger partial charge on any atom is 0.129 e. The highest BCUT2D eigenvalue weighted by Gasteiger charge is 2.33. The van der Waals surface area contributed by atoms with Crippen LogP contribution in [-0.4, -0.2) is 89.8 Å². The van der Waals surface area contributed by atoms with Gasteiger partial charge in [-0.1, -0.05) is 12.1 Å². The largest absolute Gasteiger partial charge is 0.355 e. The van der Waals surface area contributed by atoms with Gasteiger partial charge in [-0.2, -0.15) is 0 Å². The summed E-state index contributed by atoms with van der Waals surface area (Å²) in [5.74, 6) is 2.45. The fraction of sp³-hybridized carbons (Fsp3) is 0.565. The van der Waals surface area contributed by atoms with Crippen molar-refractivity contribution in [2.24, 2.45) is 4.99 Å². The molecule has 5 rings (SSSR count). The van der Waals surface area contributed by atoms with E-state index in [-0.39, 0.29) is 0 Å². The van der Waals surface area contributed by atoms with E-state index < -0.39 is 0 Å². The van der Waals surface area contributed by atoms with Gasteiger partial charge in [0.15, 0.2) is 0 Å². The molecule has 1 aliphatic carbocycles. The van der Waals surface area contributed by atoms with Crippen LogP contribution in [0.15, 0.2) is 47.4 Å². The molecule has 0 spiro atoms. The van der Waals surface area contributed by atoms with Gasteiger partial charge in [-0.3, -0.25) is 14.9 Å². The van der Waals surface area contributed by atoms with Gasteiger partial charge in [-0.05, 0) is 57.1 Å². The normalized spacial score (nSPS) is 27.0. The summed E-state index contributed by atoms with van der Waals surface area (Å²) >= 11 is 0. The second-order valence-electron chi connectivity index (χ2n) is 8.82. The van der Waals surface area contributed by atoms with Crippen molar-refractivity contribution in [2.45, 2.75) is 31.3 Å². The lowest BCUT2D eigenvalue weighted by atomic mass is 9.91. The van der Waals surface area contributed by atoms with E-state index in [0.717, 1.165) is 51.5 Å². The number of amidine groups is 1. The van der Waals surface area contributed by atoms with Crippen LogP contribution in [0.4, 0.5) is 0 Å². The predicted molar refractivity (Wildman–Crippen MR) is 117 cm³/mol. The number of rotatable bonds is 4. The van der Waals surface area contributed by atoms with E-state index in [4.69, 9.17) is 9.98 Å². The van der Waals surface area contributed by atoms with Crippen LogP contribution in [0.3, 0.4) is 0 Å². The Bertz CT molecular complexity index is 836. The molecule has 29 heavy (non-hydrogen) atoms. The lowest BCUT2D eigenvalue weighted by Gasteiger charge is -2.40. The highest BCUT2D eigenvalue weighted by Crippen LogP contribution is 2.33. The van der Waals surface area contributed by atoms with Gasteiger partial charge in [0.25, 0.3) is 0 Å². The van der Waals surface area contributed by atoms with Crippen LogP contribution in [0.5, 0.6) is 0 Å². The molecule has 0 radical (unpaired) electrons. The van der Waals surface area contributed by atoms with Crippen molar-refractivity contribution in [3.8, 4) is 0 Å². The molecule has 3 aliphatic heterocycles. The van der Waals surface area contributed by atoms with Crippen LogP contribution >= 0.6 is 0 Å². The summed E-state index contributed by atoms with van der Waals surface area (Å²) in [4.78, 5) is 19.6. The Morgan fingerprint density at radius 1 is 1.21 bits per heavy atom. The molecule has 0 N–H and O–H groups in total. The summed E-state index contributed by atoms with van der Waals surface area (Å²) < 4.78 is 0. The predicted octanol–water partition coefficient (Wildman–Crippen LogP) is 2.13. The lowest BCUT2D eigenvalue weighted by molar-refractivity contribution is 0.156. The molecular formula is C23H32N6. The van der Waals surface area contributed by atoms with E-state index >= 15 is 0 Å². The van der Waals surface area contributed by atoms with Crippen molar-refractivity contribution >= 4 is 5.84 Å². The lowest BCUT2D eigenvalue weighted by Crippen LogP contribution is -2.48. The quantitative estimate of drug-likeness (QED) is 0.785. The molecule has 154 valence electrons. The van der Waals surface area contributed by atoms with Crippen LogP contribution in [0.25, 0.3) is 0 Å². The number of aliphatic imine (C=N–C) groups is 1. The minimum Gasteiger partial charge on any atom is -0.355 e. The summed E-state index contributed by atoms with van der Waals surface area (Å²) in [5, 5.41) is 0. The van der Waals surface area contributed by atoms with Crippen LogP contribution in [0.2, 0.25) is 0 Å². The highest BCUT2D eigenvalue weighted by molar-refractivity contribution is 5.96. The average Bonchev–Trinajstić information content (AvgIpc) is 3.16. The van der Waals surface area contributed by atoms with Gasteiger partial charge >= 0.3 is 0 Å². The summed E-state index contributed by atoms with van der Waals surface area (Å²) in [7, 11) is 4.46. The number of likely N-dealkylation sites (N-methyl/N-ethyl adjacent to an activating group) is 2. The first-order chi connectivity index (χ1) is 14.2. The highest BCUT2D eigenvalue weighted by atomic mass is 15.4. The number of nitrogens with zero attached hydrogens (tertiary/aromatic N) is 6. The standard InChI is InChI=1S/C23H32N6/c1-26-12-14-28(15-13-26)22-10-4-9-21-25-19(17-29(21)22)16-27(2)20-8-3-6-18-7-5-11-24-23(18)20/h4-5,7,9-11,19-20H,3,6,8,12-17H2,1-2H3. The van der Waals surface area contributed by atoms with Crippen molar-refractivity contribution < 1.29 is 0 Å². The molecule has 4 aliphatic rings. The summed E-state index contributed by atoms with van der Waals surface area (Å²) in [6.07, 6.45) is 12.1. The number of aryl methyl sites for hydroxylation is 1. The molecule has 6 heteroatoms. The van der Waals surface area contributed by atoms with Crippen molar-refractivity contribution in [3.05, 3.63) is 53.6 Å². The molecule has 1 fully saturated rings. The zero-order valence-electron chi connectivity index (χ0n) is 17.7. The van der Waals surface area contributed by atoms with Crippen LogP contribution < -0.4 is 0 Å². The van der Waals surface area contributed by atoms with Gasteiger partial charge in [0.05, 0.1) is 17.8 Å². The molecule has 2 atom stereocenters. The third-order valence-corrected chi connectivity index (χ3v) is 6.78. The number of hydrogen-bond donors (Lipinski definition) is 0. The van der Waals surface area contributed by atoms with Crippen molar-refractivity contribution in [1.29, 1.82) is 0 Å².